The number of benzene rings is 1. The predicted octanol–water partition coefficient (Wildman–Crippen LogP) is 1.48. The fourth-order valence-corrected chi connectivity index (χ4v) is 1.84. The van der Waals surface area contributed by atoms with Crippen LogP contribution in [0, 0.1) is 5.41 Å². The van der Waals surface area contributed by atoms with Crippen LogP contribution in [0.4, 0.5) is 11.5 Å². The second kappa shape index (κ2) is 5.11. The van der Waals surface area contributed by atoms with Gasteiger partial charge in [0.1, 0.15) is 10.9 Å². The first-order chi connectivity index (χ1) is 9.00. The summed E-state index contributed by atoms with van der Waals surface area (Å²) in [4.78, 5) is 19.5. The van der Waals surface area contributed by atoms with E-state index in [1.165, 1.54) is 6.33 Å². The molecule has 2 aromatic rings. The van der Waals surface area contributed by atoms with E-state index in [0.29, 0.717) is 11.4 Å². The highest BCUT2D eigenvalue weighted by atomic mass is 35.5. The zero-order valence-electron chi connectivity index (χ0n) is 10.1. The third kappa shape index (κ3) is 2.58. The molecule has 1 heterocycles. The summed E-state index contributed by atoms with van der Waals surface area (Å²) in [6.07, 6.45) is 1.29. The summed E-state index contributed by atoms with van der Waals surface area (Å²) < 4.78 is 0. The van der Waals surface area contributed by atoms with Crippen molar-refractivity contribution in [1.29, 1.82) is 5.41 Å². The lowest BCUT2D eigenvalue weighted by Gasteiger charge is -2.19. The highest BCUT2D eigenvalue weighted by Gasteiger charge is 2.13. The number of nitrogen functional groups attached to an aromatic ring is 1. The smallest absolute Gasteiger partial charge is 0.271 e. The number of hydrogen-bond donors (Lipinski definition) is 3. The van der Waals surface area contributed by atoms with E-state index < -0.39 is 5.56 Å². The number of nitrogens with zero attached hydrogens (tertiary/aromatic N) is 2. The molecule has 1 aromatic carbocycles. The van der Waals surface area contributed by atoms with Gasteiger partial charge in [0.05, 0.1) is 6.33 Å². The van der Waals surface area contributed by atoms with Crippen molar-refractivity contribution in [3.63, 3.8) is 0 Å². The Morgan fingerprint density at radius 1 is 1.53 bits per heavy atom. The third-order valence-electron chi connectivity index (χ3n) is 2.64. The minimum absolute atomic E-state index is 0.0122. The zero-order valence-corrected chi connectivity index (χ0v) is 10.9. The maximum atomic E-state index is 11.4. The van der Waals surface area contributed by atoms with Gasteiger partial charge in [-0.25, -0.2) is 4.98 Å². The molecule has 0 fully saturated rings. The van der Waals surface area contributed by atoms with Gasteiger partial charge >= 0.3 is 0 Å². The predicted molar refractivity (Wildman–Crippen MR) is 75.4 cm³/mol. The molecule has 98 valence electrons. The SMILES string of the molecule is CN(c1cccc(C(=N)N)c1)c1nc[nH]c(=O)c1Cl. The first-order valence-corrected chi connectivity index (χ1v) is 5.80. The van der Waals surface area contributed by atoms with Crippen LogP contribution >= 0.6 is 11.6 Å². The van der Waals surface area contributed by atoms with Crippen molar-refractivity contribution in [2.75, 3.05) is 11.9 Å². The number of hydrogen-bond acceptors (Lipinski definition) is 4. The lowest BCUT2D eigenvalue weighted by Crippen LogP contribution is -2.18. The van der Waals surface area contributed by atoms with E-state index >= 15 is 0 Å². The van der Waals surface area contributed by atoms with E-state index in [1.807, 2.05) is 6.07 Å². The van der Waals surface area contributed by atoms with Crippen LogP contribution in [-0.2, 0) is 0 Å². The molecule has 1 aromatic heterocycles. The molecule has 19 heavy (non-hydrogen) atoms. The van der Waals surface area contributed by atoms with Gasteiger partial charge in [0.15, 0.2) is 5.82 Å². The van der Waals surface area contributed by atoms with Crippen LogP contribution in [0.3, 0.4) is 0 Å². The van der Waals surface area contributed by atoms with Gasteiger partial charge in [-0.1, -0.05) is 23.7 Å². The van der Waals surface area contributed by atoms with E-state index in [-0.39, 0.29) is 10.9 Å². The Kier molecular flexibility index (Phi) is 3.52. The molecule has 0 spiro atoms. The molecular formula is C12H12ClN5O. The Morgan fingerprint density at radius 2 is 2.26 bits per heavy atom. The summed E-state index contributed by atoms with van der Waals surface area (Å²) in [7, 11) is 1.73. The average molecular weight is 278 g/mol. The maximum absolute atomic E-state index is 11.4. The molecule has 0 radical (unpaired) electrons. The highest BCUT2D eigenvalue weighted by Crippen LogP contribution is 2.25. The van der Waals surface area contributed by atoms with E-state index in [2.05, 4.69) is 9.97 Å². The molecule has 0 bridgehead atoms. The first-order valence-electron chi connectivity index (χ1n) is 5.42. The van der Waals surface area contributed by atoms with Crippen LogP contribution in [0.5, 0.6) is 0 Å². The number of amidine groups is 1. The van der Waals surface area contributed by atoms with Crippen LogP contribution in [0.1, 0.15) is 5.56 Å². The summed E-state index contributed by atoms with van der Waals surface area (Å²) in [5, 5.41) is 7.43. The molecule has 0 aliphatic heterocycles. The number of nitrogens with one attached hydrogen (secondary N) is 2. The topological polar surface area (TPSA) is 98.9 Å². The monoisotopic (exact) mass is 277 g/mol. The fraction of sp³-hybridized carbons (Fsp3) is 0.0833. The number of halogens is 1. The van der Waals surface area contributed by atoms with Crippen molar-refractivity contribution in [2.24, 2.45) is 5.73 Å². The van der Waals surface area contributed by atoms with Crippen LogP contribution < -0.4 is 16.2 Å². The van der Waals surface area contributed by atoms with Crippen molar-refractivity contribution in [3.05, 3.63) is 51.5 Å². The highest BCUT2D eigenvalue weighted by molar-refractivity contribution is 6.32. The minimum atomic E-state index is -0.402. The van der Waals surface area contributed by atoms with E-state index in [1.54, 1.807) is 30.1 Å². The first kappa shape index (κ1) is 13.1. The lowest BCUT2D eigenvalue weighted by molar-refractivity contribution is 1.05. The Hall–Kier alpha value is -2.34. The Bertz CT molecular complexity index is 682. The average Bonchev–Trinajstić information content (AvgIpc) is 2.41. The molecule has 0 saturated heterocycles. The largest absolute Gasteiger partial charge is 0.384 e. The van der Waals surface area contributed by atoms with Gasteiger partial charge in [-0.2, -0.15) is 0 Å². The number of anilines is 2. The molecule has 0 aliphatic carbocycles. The normalized spacial score (nSPS) is 10.2. The van der Waals surface area contributed by atoms with Gasteiger partial charge in [0, 0.05) is 18.3 Å². The molecule has 4 N–H and O–H groups in total. The summed E-state index contributed by atoms with van der Waals surface area (Å²) in [6.45, 7) is 0. The summed E-state index contributed by atoms with van der Waals surface area (Å²) >= 11 is 5.93. The van der Waals surface area contributed by atoms with E-state index in [9.17, 15) is 4.79 Å². The Labute approximate surface area is 114 Å². The number of rotatable bonds is 3. The number of aromatic amines is 1. The maximum Gasteiger partial charge on any atom is 0.271 e. The van der Waals surface area contributed by atoms with Crippen molar-refractivity contribution in [2.45, 2.75) is 0 Å². The summed E-state index contributed by atoms with van der Waals surface area (Å²) in [5.41, 5.74) is 6.36. The van der Waals surface area contributed by atoms with Crippen molar-refractivity contribution in [1.82, 2.24) is 9.97 Å². The molecule has 0 amide bonds. The van der Waals surface area contributed by atoms with Gasteiger partial charge in [-0.05, 0) is 12.1 Å². The molecule has 6 nitrogen and oxygen atoms in total. The quantitative estimate of drug-likeness (QED) is 0.584. The van der Waals surface area contributed by atoms with Crippen LogP contribution in [0.25, 0.3) is 0 Å². The van der Waals surface area contributed by atoms with Crippen LogP contribution in [-0.4, -0.2) is 22.9 Å². The summed E-state index contributed by atoms with van der Waals surface area (Å²) in [5.74, 6) is 0.311. The second-order valence-electron chi connectivity index (χ2n) is 3.89. The third-order valence-corrected chi connectivity index (χ3v) is 2.98. The van der Waals surface area contributed by atoms with Crippen molar-refractivity contribution < 1.29 is 0 Å². The number of H-pyrrole nitrogens is 1. The summed E-state index contributed by atoms with van der Waals surface area (Å²) in [6, 6.07) is 7.03. The van der Waals surface area contributed by atoms with E-state index in [4.69, 9.17) is 22.7 Å². The van der Waals surface area contributed by atoms with Gasteiger partial charge in [0.25, 0.3) is 5.56 Å². The molecular weight excluding hydrogens is 266 g/mol. The molecule has 0 unspecified atom stereocenters. The van der Waals surface area contributed by atoms with Crippen LogP contribution in [0.15, 0.2) is 35.4 Å². The van der Waals surface area contributed by atoms with Crippen molar-refractivity contribution in [3.8, 4) is 0 Å². The molecule has 2 rings (SSSR count). The molecule has 0 atom stereocenters. The molecule has 0 saturated carbocycles. The standard InChI is InChI=1S/C12H12ClN5O/c1-18(11-9(13)12(19)17-6-16-11)8-4-2-3-7(5-8)10(14)15/h2-6H,1H3,(H3,14,15)(H,16,17,19). The van der Waals surface area contributed by atoms with Gasteiger partial charge in [-0.3, -0.25) is 10.2 Å². The lowest BCUT2D eigenvalue weighted by atomic mass is 10.2. The van der Waals surface area contributed by atoms with Crippen LogP contribution in [0.2, 0.25) is 5.02 Å². The van der Waals surface area contributed by atoms with Gasteiger partial charge in [0.2, 0.25) is 0 Å². The second-order valence-corrected chi connectivity index (χ2v) is 4.27. The number of nitrogens with two attached hydrogens (primary N) is 1. The molecule has 7 heteroatoms. The Morgan fingerprint density at radius 3 is 2.95 bits per heavy atom. The minimum Gasteiger partial charge on any atom is -0.384 e. The fourth-order valence-electron chi connectivity index (χ4n) is 1.61. The van der Waals surface area contributed by atoms with Gasteiger partial charge in [-0.15, -0.1) is 0 Å². The molecule has 0 aliphatic rings. The van der Waals surface area contributed by atoms with Crippen molar-refractivity contribution >= 4 is 28.9 Å². The van der Waals surface area contributed by atoms with Gasteiger partial charge < -0.3 is 15.6 Å². The zero-order chi connectivity index (χ0) is 14.0. The van der Waals surface area contributed by atoms with E-state index in [0.717, 1.165) is 5.69 Å². The number of aromatic nitrogens is 2. The Balaban J connectivity index is 2.47.